The highest BCUT2D eigenvalue weighted by Crippen LogP contribution is 2.18. The van der Waals surface area contributed by atoms with Crippen LogP contribution >= 0.6 is 0 Å². The normalized spacial score (nSPS) is 12.7. The molecular formula is C11H13F2N5. The van der Waals surface area contributed by atoms with Crippen LogP contribution in [-0.4, -0.2) is 14.8 Å². The lowest BCUT2D eigenvalue weighted by molar-refractivity contribution is 0.510. The molecule has 2 rings (SSSR count). The van der Waals surface area contributed by atoms with Gasteiger partial charge in [-0.05, 0) is 17.7 Å². The van der Waals surface area contributed by atoms with Gasteiger partial charge in [-0.1, -0.05) is 0 Å². The number of rotatable bonds is 4. The Morgan fingerprint density at radius 3 is 2.50 bits per heavy atom. The van der Waals surface area contributed by atoms with Crippen molar-refractivity contribution in [2.75, 3.05) is 0 Å². The molecule has 1 aromatic carbocycles. The van der Waals surface area contributed by atoms with Crippen LogP contribution < -0.4 is 11.3 Å². The van der Waals surface area contributed by atoms with E-state index in [-0.39, 0.29) is 0 Å². The molecule has 7 heteroatoms. The second-order valence-corrected chi connectivity index (χ2v) is 3.93. The molecule has 1 unspecified atom stereocenters. The van der Waals surface area contributed by atoms with Crippen molar-refractivity contribution in [3.8, 4) is 0 Å². The zero-order chi connectivity index (χ0) is 13.1. The number of aryl methyl sites for hydroxylation is 1. The van der Waals surface area contributed by atoms with Gasteiger partial charge >= 0.3 is 0 Å². The minimum Gasteiger partial charge on any atom is -0.271 e. The second-order valence-electron chi connectivity index (χ2n) is 3.93. The van der Waals surface area contributed by atoms with Gasteiger partial charge in [-0.25, -0.2) is 13.8 Å². The van der Waals surface area contributed by atoms with E-state index < -0.39 is 17.7 Å². The van der Waals surface area contributed by atoms with Crippen molar-refractivity contribution in [2.45, 2.75) is 12.5 Å². The predicted molar refractivity (Wildman–Crippen MR) is 61.1 cm³/mol. The molecule has 5 nitrogen and oxygen atoms in total. The zero-order valence-corrected chi connectivity index (χ0v) is 9.77. The van der Waals surface area contributed by atoms with E-state index >= 15 is 0 Å². The molecule has 0 fully saturated rings. The molecule has 0 spiro atoms. The Balaban J connectivity index is 2.25. The molecule has 0 saturated carbocycles. The number of benzene rings is 1. The molecule has 0 aliphatic heterocycles. The molecule has 0 saturated heterocycles. The maximum atomic E-state index is 13.1. The van der Waals surface area contributed by atoms with E-state index in [1.54, 1.807) is 11.7 Å². The minimum atomic E-state index is -0.636. The van der Waals surface area contributed by atoms with Crippen LogP contribution in [0.1, 0.15) is 17.4 Å². The SMILES string of the molecule is Cn1ncnc1CC(NN)c1cc(F)cc(F)c1. The molecule has 1 heterocycles. The molecule has 96 valence electrons. The minimum absolute atomic E-state index is 0.385. The van der Waals surface area contributed by atoms with Crippen LogP contribution in [0.5, 0.6) is 0 Å². The average molecular weight is 253 g/mol. The Kier molecular flexibility index (Phi) is 3.63. The van der Waals surface area contributed by atoms with Gasteiger partial charge in [0, 0.05) is 19.5 Å². The van der Waals surface area contributed by atoms with Crippen LogP contribution in [0.15, 0.2) is 24.5 Å². The lowest BCUT2D eigenvalue weighted by Crippen LogP contribution is -2.30. The fourth-order valence-electron chi connectivity index (χ4n) is 1.74. The number of nitrogens with two attached hydrogens (primary N) is 1. The first-order valence-corrected chi connectivity index (χ1v) is 5.35. The maximum Gasteiger partial charge on any atom is 0.138 e. The van der Waals surface area contributed by atoms with E-state index in [4.69, 9.17) is 5.84 Å². The van der Waals surface area contributed by atoms with Gasteiger partial charge in [-0.15, -0.1) is 0 Å². The van der Waals surface area contributed by atoms with Crippen LogP contribution in [0.4, 0.5) is 8.78 Å². The number of hydrogen-bond donors (Lipinski definition) is 2. The van der Waals surface area contributed by atoms with Crippen molar-refractivity contribution in [1.82, 2.24) is 20.2 Å². The van der Waals surface area contributed by atoms with Gasteiger partial charge in [0.15, 0.2) is 0 Å². The van der Waals surface area contributed by atoms with Crippen LogP contribution in [0.3, 0.4) is 0 Å². The predicted octanol–water partition coefficient (Wildman–Crippen LogP) is 0.840. The summed E-state index contributed by atoms with van der Waals surface area (Å²) < 4.78 is 27.9. The summed E-state index contributed by atoms with van der Waals surface area (Å²) in [6.07, 6.45) is 1.80. The fraction of sp³-hybridized carbons (Fsp3) is 0.273. The summed E-state index contributed by atoms with van der Waals surface area (Å²) in [5.41, 5.74) is 2.95. The van der Waals surface area contributed by atoms with E-state index in [0.717, 1.165) is 6.07 Å². The average Bonchev–Trinajstić information content (AvgIpc) is 2.70. The first-order chi connectivity index (χ1) is 8.60. The Morgan fingerprint density at radius 2 is 2.00 bits per heavy atom. The lowest BCUT2D eigenvalue weighted by atomic mass is 10.0. The number of halogens is 2. The number of hydrazine groups is 1. The summed E-state index contributed by atoms with van der Waals surface area (Å²) in [5, 5.41) is 3.92. The zero-order valence-electron chi connectivity index (χ0n) is 9.77. The number of aromatic nitrogens is 3. The van der Waals surface area contributed by atoms with Gasteiger partial charge in [-0.3, -0.25) is 16.0 Å². The van der Waals surface area contributed by atoms with E-state index in [0.29, 0.717) is 17.8 Å². The van der Waals surface area contributed by atoms with Gasteiger partial charge in [0.25, 0.3) is 0 Å². The molecule has 1 atom stereocenters. The first-order valence-electron chi connectivity index (χ1n) is 5.35. The smallest absolute Gasteiger partial charge is 0.138 e. The largest absolute Gasteiger partial charge is 0.271 e. The molecule has 18 heavy (non-hydrogen) atoms. The Labute approximate surface area is 103 Å². The van der Waals surface area contributed by atoms with Gasteiger partial charge in [0.2, 0.25) is 0 Å². The van der Waals surface area contributed by atoms with Crippen molar-refractivity contribution >= 4 is 0 Å². The fourth-order valence-corrected chi connectivity index (χ4v) is 1.74. The molecule has 3 N–H and O–H groups in total. The summed E-state index contributed by atoms with van der Waals surface area (Å²) in [5.74, 6) is 4.82. The molecular weight excluding hydrogens is 240 g/mol. The molecule has 2 aromatic rings. The van der Waals surface area contributed by atoms with Crippen LogP contribution in [0.2, 0.25) is 0 Å². The molecule has 0 amide bonds. The van der Waals surface area contributed by atoms with Gasteiger partial charge in [0.1, 0.15) is 23.8 Å². The highest BCUT2D eigenvalue weighted by Gasteiger charge is 2.15. The van der Waals surface area contributed by atoms with Crippen LogP contribution in [0.25, 0.3) is 0 Å². The summed E-state index contributed by atoms with van der Waals surface area (Å²) in [6, 6.07) is 2.87. The van der Waals surface area contributed by atoms with Crippen molar-refractivity contribution in [3.63, 3.8) is 0 Å². The molecule has 0 radical (unpaired) electrons. The number of nitrogens with one attached hydrogen (secondary N) is 1. The van der Waals surface area contributed by atoms with E-state index in [1.165, 1.54) is 18.5 Å². The highest BCUT2D eigenvalue weighted by molar-refractivity contribution is 5.22. The quantitative estimate of drug-likeness (QED) is 0.626. The standard InChI is InChI=1S/C11H13F2N5/c1-18-11(15-6-16-18)5-10(17-14)7-2-8(12)4-9(13)3-7/h2-4,6,10,17H,5,14H2,1H3. The maximum absolute atomic E-state index is 13.1. The third-order valence-electron chi connectivity index (χ3n) is 2.68. The van der Waals surface area contributed by atoms with Gasteiger partial charge in [0.05, 0.1) is 6.04 Å². The van der Waals surface area contributed by atoms with Crippen molar-refractivity contribution < 1.29 is 8.78 Å². The summed E-state index contributed by atoms with van der Waals surface area (Å²) in [6.45, 7) is 0. The second kappa shape index (κ2) is 5.19. The van der Waals surface area contributed by atoms with E-state index in [1.807, 2.05) is 0 Å². The Bertz CT molecular complexity index is 520. The first kappa shape index (κ1) is 12.6. The highest BCUT2D eigenvalue weighted by atomic mass is 19.1. The summed E-state index contributed by atoms with van der Waals surface area (Å²) >= 11 is 0. The molecule has 1 aromatic heterocycles. The third kappa shape index (κ3) is 2.69. The van der Waals surface area contributed by atoms with Gasteiger partial charge < -0.3 is 0 Å². The van der Waals surface area contributed by atoms with Crippen molar-refractivity contribution in [2.24, 2.45) is 12.9 Å². The number of hydrogen-bond acceptors (Lipinski definition) is 4. The van der Waals surface area contributed by atoms with E-state index in [9.17, 15) is 8.78 Å². The monoisotopic (exact) mass is 253 g/mol. The van der Waals surface area contributed by atoms with Crippen molar-refractivity contribution in [3.05, 3.63) is 47.5 Å². The van der Waals surface area contributed by atoms with Gasteiger partial charge in [-0.2, -0.15) is 5.10 Å². The number of nitrogens with zero attached hydrogens (tertiary/aromatic N) is 3. The van der Waals surface area contributed by atoms with E-state index in [2.05, 4.69) is 15.5 Å². The molecule has 0 bridgehead atoms. The topological polar surface area (TPSA) is 68.8 Å². The van der Waals surface area contributed by atoms with Crippen LogP contribution in [-0.2, 0) is 13.5 Å². The molecule has 0 aliphatic carbocycles. The molecule has 0 aliphatic rings. The lowest BCUT2D eigenvalue weighted by Gasteiger charge is -2.15. The Morgan fingerprint density at radius 1 is 1.33 bits per heavy atom. The Hall–Kier alpha value is -1.86. The summed E-state index contributed by atoms with van der Waals surface area (Å²) in [7, 11) is 1.74. The van der Waals surface area contributed by atoms with Crippen molar-refractivity contribution in [1.29, 1.82) is 0 Å². The summed E-state index contributed by atoms with van der Waals surface area (Å²) in [4.78, 5) is 4.04. The third-order valence-corrected chi connectivity index (χ3v) is 2.68. The van der Waals surface area contributed by atoms with Crippen LogP contribution in [0, 0.1) is 11.6 Å².